The van der Waals surface area contributed by atoms with E-state index in [-0.39, 0.29) is 35.8 Å². The van der Waals surface area contributed by atoms with E-state index < -0.39 is 29.5 Å². The van der Waals surface area contributed by atoms with E-state index in [1.807, 2.05) is 0 Å². The third-order valence-corrected chi connectivity index (χ3v) is 6.68. The molecule has 0 radical (unpaired) electrons. The van der Waals surface area contributed by atoms with Crippen molar-refractivity contribution in [1.82, 2.24) is 5.32 Å². The number of ether oxygens (including phenoxy) is 2. The zero-order chi connectivity index (χ0) is 27.9. The van der Waals surface area contributed by atoms with Gasteiger partial charge in [0.2, 0.25) is 5.91 Å². The van der Waals surface area contributed by atoms with Crippen molar-refractivity contribution in [3.8, 4) is 6.07 Å². The molecule has 1 amide bonds. The lowest BCUT2D eigenvalue weighted by Gasteiger charge is -2.29. The second-order valence-corrected chi connectivity index (χ2v) is 9.47. The number of amides is 1. The summed E-state index contributed by atoms with van der Waals surface area (Å²) in [5.74, 6) is -2.22. The van der Waals surface area contributed by atoms with Gasteiger partial charge in [0.15, 0.2) is 0 Å². The van der Waals surface area contributed by atoms with Crippen LogP contribution in [0.15, 0.2) is 70.4 Å². The number of benzene rings is 2. The molecule has 200 valence electrons. The average molecular weight is 566 g/mol. The third-order valence-electron chi connectivity index (χ3n) is 5.41. The van der Waals surface area contributed by atoms with E-state index in [9.17, 15) is 28.0 Å². The number of hydrogen-bond donors (Lipinski definition) is 2. The van der Waals surface area contributed by atoms with Gasteiger partial charge >= 0.3 is 12.1 Å². The Morgan fingerprint density at radius 3 is 2.53 bits per heavy atom. The number of rotatable bonds is 9. The normalized spacial score (nSPS) is 15.6. The molecular weight excluding hydrogens is 543 g/mol. The minimum absolute atomic E-state index is 0.00674. The quantitative estimate of drug-likeness (QED) is 0.301. The number of alkyl halides is 3. The second kappa shape index (κ2) is 12.9. The Labute approximate surface area is 226 Å². The van der Waals surface area contributed by atoms with Gasteiger partial charge in [-0.15, -0.1) is 0 Å². The molecule has 0 aliphatic carbocycles. The molecule has 7 nitrogen and oxygen atoms in total. The molecule has 1 heterocycles. The highest BCUT2D eigenvalue weighted by Crippen LogP contribution is 2.41. The highest BCUT2D eigenvalue weighted by Gasteiger charge is 2.36. The van der Waals surface area contributed by atoms with E-state index in [0.29, 0.717) is 21.3 Å². The van der Waals surface area contributed by atoms with Gasteiger partial charge in [-0.05, 0) is 42.8 Å². The molecule has 0 bridgehead atoms. The predicted octanol–water partition coefficient (Wildman–Crippen LogP) is 5.62. The van der Waals surface area contributed by atoms with Gasteiger partial charge in [0.05, 0.1) is 46.1 Å². The number of dihydropyridines is 1. The maximum atomic E-state index is 13.0. The third kappa shape index (κ3) is 7.31. The van der Waals surface area contributed by atoms with Crippen LogP contribution >= 0.6 is 23.4 Å². The zero-order valence-electron chi connectivity index (χ0n) is 20.3. The highest BCUT2D eigenvalue weighted by atomic mass is 35.5. The first kappa shape index (κ1) is 29.1. The van der Waals surface area contributed by atoms with E-state index in [0.717, 1.165) is 23.9 Å². The first-order valence-electron chi connectivity index (χ1n) is 11.2. The van der Waals surface area contributed by atoms with Gasteiger partial charge in [0, 0.05) is 23.5 Å². The molecule has 0 saturated carbocycles. The molecule has 2 aromatic carbocycles. The number of halogens is 4. The molecule has 0 spiro atoms. The molecule has 0 aromatic heterocycles. The lowest BCUT2D eigenvalue weighted by Crippen LogP contribution is -2.29. The number of nitrogens with one attached hydrogen (secondary N) is 2. The summed E-state index contributed by atoms with van der Waals surface area (Å²) in [5.41, 5.74) is 0.533. The Morgan fingerprint density at radius 2 is 1.89 bits per heavy atom. The van der Waals surface area contributed by atoms with Crippen LogP contribution in [0.4, 0.5) is 18.9 Å². The molecule has 0 saturated heterocycles. The van der Waals surface area contributed by atoms with Gasteiger partial charge < -0.3 is 20.1 Å². The van der Waals surface area contributed by atoms with E-state index in [1.54, 1.807) is 31.2 Å². The Hall–Kier alpha value is -3.46. The number of methoxy groups -OCH3 is 1. The number of carbonyl (C=O) groups is 2. The first-order valence-corrected chi connectivity index (χ1v) is 12.5. The van der Waals surface area contributed by atoms with E-state index in [1.165, 1.54) is 19.2 Å². The number of nitriles is 1. The van der Waals surface area contributed by atoms with Crippen molar-refractivity contribution in [1.29, 1.82) is 5.26 Å². The summed E-state index contributed by atoms with van der Waals surface area (Å²) < 4.78 is 49.2. The van der Waals surface area contributed by atoms with Crippen molar-refractivity contribution < 1.29 is 32.2 Å². The van der Waals surface area contributed by atoms with E-state index in [4.69, 9.17) is 21.1 Å². The van der Waals surface area contributed by atoms with E-state index in [2.05, 4.69) is 16.7 Å². The Bertz CT molecular complexity index is 1300. The summed E-state index contributed by atoms with van der Waals surface area (Å²) in [4.78, 5) is 25.5. The van der Waals surface area contributed by atoms with Crippen molar-refractivity contribution in [2.24, 2.45) is 0 Å². The molecule has 2 N–H and O–H groups in total. The molecule has 0 fully saturated rings. The molecule has 38 heavy (non-hydrogen) atoms. The Balaban J connectivity index is 1.85. The number of hydrogen-bond acceptors (Lipinski definition) is 7. The van der Waals surface area contributed by atoms with Crippen LogP contribution in [0.5, 0.6) is 0 Å². The van der Waals surface area contributed by atoms with Crippen LogP contribution in [0.25, 0.3) is 0 Å². The SMILES string of the molecule is COCCOC(=O)C1=C(C)NC(SCC(=O)Nc2cccc(C(F)(F)F)c2)=C(C#N)[C@H]1c1ccc(Cl)cc1. The van der Waals surface area contributed by atoms with Crippen LogP contribution in [0.3, 0.4) is 0 Å². The minimum atomic E-state index is -4.54. The van der Waals surface area contributed by atoms with Gasteiger partial charge in [-0.3, -0.25) is 4.79 Å². The van der Waals surface area contributed by atoms with E-state index >= 15 is 0 Å². The topological polar surface area (TPSA) is 100 Å². The number of carbonyl (C=O) groups excluding carboxylic acids is 2. The van der Waals surface area contributed by atoms with Crippen molar-refractivity contribution in [3.05, 3.63) is 86.6 Å². The summed E-state index contributed by atoms with van der Waals surface area (Å²) in [7, 11) is 1.47. The monoisotopic (exact) mass is 565 g/mol. The van der Waals surface area contributed by atoms with Gasteiger partial charge in [-0.2, -0.15) is 18.4 Å². The summed E-state index contributed by atoms with van der Waals surface area (Å²) in [6, 6.07) is 13.1. The maximum absolute atomic E-state index is 13.0. The molecule has 1 atom stereocenters. The van der Waals surface area contributed by atoms with Gasteiger partial charge in [0.1, 0.15) is 6.61 Å². The fraction of sp³-hybridized carbons (Fsp3) is 0.269. The summed E-state index contributed by atoms with van der Waals surface area (Å²) in [6.45, 7) is 1.86. The maximum Gasteiger partial charge on any atom is 0.416 e. The van der Waals surface area contributed by atoms with Crippen molar-refractivity contribution in [2.75, 3.05) is 31.4 Å². The summed E-state index contributed by atoms with van der Waals surface area (Å²) in [5, 5.41) is 16.3. The van der Waals surface area contributed by atoms with Crippen LogP contribution < -0.4 is 10.6 Å². The second-order valence-electron chi connectivity index (χ2n) is 8.05. The molecule has 0 unspecified atom stereocenters. The van der Waals surface area contributed by atoms with Crippen molar-refractivity contribution >= 4 is 40.9 Å². The van der Waals surface area contributed by atoms with Crippen LogP contribution in [0.1, 0.15) is 24.0 Å². The average Bonchev–Trinajstić information content (AvgIpc) is 2.87. The number of anilines is 1. The largest absolute Gasteiger partial charge is 0.460 e. The minimum Gasteiger partial charge on any atom is -0.460 e. The molecule has 1 aliphatic heterocycles. The van der Waals surface area contributed by atoms with Crippen LogP contribution in [0.2, 0.25) is 5.02 Å². The van der Waals surface area contributed by atoms with Gasteiger partial charge in [0.25, 0.3) is 0 Å². The predicted molar refractivity (Wildman–Crippen MR) is 138 cm³/mol. The fourth-order valence-electron chi connectivity index (χ4n) is 3.69. The summed E-state index contributed by atoms with van der Waals surface area (Å²) in [6.07, 6.45) is -4.54. The molecule has 3 rings (SSSR count). The zero-order valence-corrected chi connectivity index (χ0v) is 21.9. The van der Waals surface area contributed by atoms with Gasteiger partial charge in [-0.25, -0.2) is 4.79 Å². The fourth-order valence-corrected chi connectivity index (χ4v) is 4.71. The highest BCUT2D eigenvalue weighted by molar-refractivity contribution is 8.03. The Morgan fingerprint density at radius 1 is 1.18 bits per heavy atom. The smallest absolute Gasteiger partial charge is 0.416 e. The number of esters is 1. The van der Waals surface area contributed by atoms with Crippen LogP contribution in [-0.2, 0) is 25.2 Å². The van der Waals surface area contributed by atoms with Crippen LogP contribution in [0, 0.1) is 11.3 Å². The van der Waals surface area contributed by atoms with Gasteiger partial charge in [-0.1, -0.05) is 41.6 Å². The summed E-state index contributed by atoms with van der Waals surface area (Å²) >= 11 is 7.02. The molecule has 2 aromatic rings. The number of thioether (sulfide) groups is 1. The number of allylic oxidation sites excluding steroid dienone is 2. The molecule has 12 heteroatoms. The Kier molecular flexibility index (Phi) is 9.85. The molecule has 1 aliphatic rings. The lowest BCUT2D eigenvalue weighted by atomic mass is 9.82. The van der Waals surface area contributed by atoms with Crippen molar-refractivity contribution in [2.45, 2.75) is 19.0 Å². The van der Waals surface area contributed by atoms with Crippen molar-refractivity contribution in [3.63, 3.8) is 0 Å². The van der Waals surface area contributed by atoms with Crippen LogP contribution in [-0.4, -0.2) is 38.0 Å². The first-order chi connectivity index (χ1) is 18.0. The lowest BCUT2D eigenvalue weighted by molar-refractivity contribution is -0.140. The standard InChI is InChI=1S/C26H23ClF3N3O4S/c1-15-22(25(35)37-11-10-36-2)23(16-6-8-18(27)9-7-16)20(13-31)24(32-15)38-14-21(34)33-19-5-3-4-17(12-19)26(28,29)30/h3-9,12,23,32H,10-11,14H2,1-2H3,(H,33,34)/t23-/m1/s1. The molecular formula is C26H23ClF3N3O4S. The number of nitrogens with zero attached hydrogens (tertiary/aromatic N) is 1.